The molecule has 0 aliphatic carbocycles. The minimum atomic E-state index is -0.0288. The van der Waals surface area contributed by atoms with E-state index in [1.54, 1.807) is 9.80 Å². The molecule has 0 bridgehead atoms. The monoisotopic (exact) mass is 294 g/mol. The molecule has 2 aromatic carbocycles. The minimum absolute atomic E-state index is 0.00672. The topological polar surface area (TPSA) is 40.6 Å². The van der Waals surface area contributed by atoms with Gasteiger partial charge < -0.3 is 9.80 Å². The van der Waals surface area contributed by atoms with Crippen LogP contribution in [0.3, 0.4) is 0 Å². The van der Waals surface area contributed by atoms with Crippen LogP contribution in [0.2, 0.25) is 0 Å². The van der Waals surface area contributed by atoms with Gasteiger partial charge in [-0.1, -0.05) is 48.5 Å². The molecule has 2 aromatic rings. The van der Waals surface area contributed by atoms with Gasteiger partial charge in [-0.15, -0.1) is 0 Å². The van der Waals surface area contributed by atoms with Gasteiger partial charge >= 0.3 is 0 Å². The van der Waals surface area contributed by atoms with Gasteiger partial charge in [-0.2, -0.15) is 0 Å². The molecule has 2 amide bonds. The molecule has 0 aromatic heterocycles. The normalized spacial score (nSPS) is 15.0. The number of carbonyl (C=O) groups is 2. The van der Waals surface area contributed by atoms with Gasteiger partial charge in [-0.25, -0.2) is 0 Å². The fourth-order valence-electron chi connectivity index (χ4n) is 2.65. The van der Waals surface area contributed by atoms with Crippen LogP contribution in [0, 0.1) is 0 Å². The summed E-state index contributed by atoms with van der Waals surface area (Å²) < 4.78 is 0. The Labute approximate surface area is 130 Å². The fraction of sp³-hybridized carbons (Fsp3) is 0.222. The Morgan fingerprint density at radius 3 is 2.18 bits per heavy atom. The molecule has 0 spiro atoms. The highest BCUT2D eigenvalue weighted by molar-refractivity contribution is 5.98. The van der Waals surface area contributed by atoms with Crippen LogP contribution in [-0.4, -0.2) is 36.3 Å². The summed E-state index contributed by atoms with van der Waals surface area (Å²) in [5.41, 5.74) is 1.87. The van der Waals surface area contributed by atoms with Gasteiger partial charge in [0.2, 0.25) is 11.8 Å². The van der Waals surface area contributed by atoms with Crippen molar-refractivity contribution in [3.63, 3.8) is 0 Å². The van der Waals surface area contributed by atoms with Crippen molar-refractivity contribution in [3.8, 4) is 0 Å². The predicted octanol–water partition coefficient (Wildman–Crippen LogP) is 2.10. The highest BCUT2D eigenvalue weighted by atomic mass is 16.2. The lowest BCUT2D eigenvalue weighted by molar-refractivity contribution is -0.136. The van der Waals surface area contributed by atoms with Crippen LogP contribution in [0.5, 0.6) is 0 Å². The maximum Gasteiger partial charge on any atom is 0.246 e. The zero-order chi connectivity index (χ0) is 15.4. The largest absolute Gasteiger partial charge is 0.331 e. The Hall–Kier alpha value is -2.62. The lowest BCUT2D eigenvalue weighted by Crippen LogP contribution is -2.52. The number of anilines is 1. The van der Waals surface area contributed by atoms with E-state index in [1.165, 1.54) is 0 Å². The Morgan fingerprint density at radius 1 is 0.909 bits per heavy atom. The third-order valence-electron chi connectivity index (χ3n) is 3.84. The van der Waals surface area contributed by atoms with Crippen molar-refractivity contribution in [2.75, 3.05) is 24.5 Å². The van der Waals surface area contributed by atoms with E-state index in [-0.39, 0.29) is 18.4 Å². The second-order valence-electron chi connectivity index (χ2n) is 5.36. The Balaban J connectivity index is 1.63. The zero-order valence-corrected chi connectivity index (χ0v) is 12.3. The second-order valence-corrected chi connectivity index (χ2v) is 5.36. The molecule has 0 saturated carbocycles. The summed E-state index contributed by atoms with van der Waals surface area (Å²) in [6.07, 6.45) is 0.347. The Morgan fingerprint density at radius 2 is 1.55 bits per heavy atom. The van der Waals surface area contributed by atoms with E-state index in [1.807, 2.05) is 60.7 Å². The number of carbonyl (C=O) groups excluding carboxylic acids is 2. The SMILES string of the molecule is O=C(Cc1ccccc1)N1CCN(c2ccccc2)C(=O)C1. The van der Waals surface area contributed by atoms with Gasteiger partial charge in [-0.05, 0) is 17.7 Å². The first kappa shape index (κ1) is 14.3. The van der Waals surface area contributed by atoms with Crippen molar-refractivity contribution in [1.29, 1.82) is 0 Å². The van der Waals surface area contributed by atoms with Crippen LogP contribution < -0.4 is 4.90 Å². The molecule has 22 heavy (non-hydrogen) atoms. The number of hydrogen-bond donors (Lipinski definition) is 0. The average Bonchev–Trinajstić information content (AvgIpc) is 2.56. The fourth-order valence-corrected chi connectivity index (χ4v) is 2.65. The molecule has 112 valence electrons. The number of rotatable bonds is 3. The zero-order valence-electron chi connectivity index (χ0n) is 12.3. The standard InChI is InChI=1S/C18H18N2O2/c21-17(13-15-7-3-1-4-8-15)19-11-12-20(18(22)14-19)16-9-5-2-6-10-16/h1-10H,11-14H2. The maximum absolute atomic E-state index is 12.3. The van der Waals surface area contributed by atoms with E-state index in [9.17, 15) is 9.59 Å². The van der Waals surface area contributed by atoms with Crippen LogP contribution >= 0.6 is 0 Å². The number of benzene rings is 2. The molecule has 0 N–H and O–H groups in total. The lowest BCUT2D eigenvalue weighted by Gasteiger charge is -2.34. The van der Waals surface area contributed by atoms with Gasteiger partial charge in [0.05, 0.1) is 6.42 Å². The van der Waals surface area contributed by atoms with E-state index in [2.05, 4.69) is 0 Å². The molecular weight excluding hydrogens is 276 g/mol. The average molecular weight is 294 g/mol. The lowest BCUT2D eigenvalue weighted by atomic mass is 10.1. The van der Waals surface area contributed by atoms with E-state index < -0.39 is 0 Å². The number of amides is 2. The second kappa shape index (κ2) is 6.43. The summed E-state index contributed by atoms with van der Waals surface area (Å²) in [7, 11) is 0. The van der Waals surface area contributed by atoms with E-state index in [0.717, 1.165) is 11.3 Å². The van der Waals surface area contributed by atoms with Crippen molar-refractivity contribution in [2.45, 2.75) is 6.42 Å². The van der Waals surface area contributed by atoms with Gasteiger partial charge in [-0.3, -0.25) is 9.59 Å². The molecule has 0 atom stereocenters. The highest BCUT2D eigenvalue weighted by Gasteiger charge is 2.27. The van der Waals surface area contributed by atoms with Crippen LogP contribution in [0.4, 0.5) is 5.69 Å². The van der Waals surface area contributed by atoms with E-state index in [0.29, 0.717) is 19.5 Å². The quantitative estimate of drug-likeness (QED) is 0.870. The first-order valence-electron chi connectivity index (χ1n) is 7.41. The summed E-state index contributed by atoms with van der Waals surface area (Å²) in [6.45, 7) is 1.27. The predicted molar refractivity (Wildman–Crippen MR) is 85.5 cm³/mol. The highest BCUT2D eigenvalue weighted by Crippen LogP contribution is 2.17. The molecule has 1 fully saturated rings. The van der Waals surface area contributed by atoms with Crippen LogP contribution in [-0.2, 0) is 16.0 Å². The number of piperazine rings is 1. The van der Waals surface area contributed by atoms with Gasteiger partial charge in [0.1, 0.15) is 6.54 Å². The Bertz CT molecular complexity index is 653. The molecule has 1 heterocycles. The summed E-state index contributed by atoms with van der Waals surface area (Å²) in [4.78, 5) is 28.0. The molecule has 4 nitrogen and oxygen atoms in total. The van der Waals surface area contributed by atoms with Gasteiger partial charge in [0, 0.05) is 18.8 Å². The van der Waals surface area contributed by atoms with Crippen molar-refractivity contribution < 1.29 is 9.59 Å². The number of hydrogen-bond acceptors (Lipinski definition) is 2. The van der Waals surface area contributed by atoms with Crippen molar-refractivity contribution in [3.05, 3.63) is 66.2 Å². The summed E-state index contributed by atoms with van der Waals surface area (Å²) >= 11 is 0. The minimum Gasteiger partial charge on any atom is -0.331 e. The first-order chi connectivity index (χ1) is 10.7. The molecule has 1 aliphatic heterocycles. The van der Waals surface area contributed by atoms with Crippen molar-refractivity contribution in [2.24, 2.45) is 0 Å². The van der Waals surface area contributed by atoms with Gasteiger partial charge in [0.25, 0.3) is 0 Å². The molecule has 1 saturated heterocycles. The Kier molecular flexibility index (Phi) is 4.19. The third kappa shape index (κ3) is 3.17. The van der Waals surface area contributed by atoms with E-state index >= 15 is 0 Å². The smallest absolute Gasteiger partial charge is 0.246 e. The molecule has 0 radical (unpaired) electrons. The molecule has 0 unspecified atom stereocenters. The van der Waals surface area contributed by atoms with Gasteiger partial charge in [0.15, 0.2) is 0 Å². The van der Waals surface area contributed by atoms with Crippen LogP contribution in [0.25, 0.3) is 0 Å². The van der Waals surface area contributed by atoms with Crippen LogP contribution in [0.15, 0.2) is 60.7 Å². The molecule has 1 aliphatic rings. The third-order valence-corrected chi connectivity index (χ3v) is 3.84. The summed E-state index contributed by atoms with van der Waals surface area (Å²) in [5, 5.41) is 0. The number of para-hydroxylation sites is 1. The maximum atomic E-state index is 12.3. The molecular formula is C18H18N2O2. The van der Waals surface area contributed by atoms with Crippen molar-refractivity contribution in [1.82, 2.24) is 4.90 Å². The molecule has 4 heteroatoms. The summed E-state index contributed by atoms with van der Waals surface area (Å²) in [5.74, 6) is -0.0221. The van der Waals surface area contributed by atoms with Crippen LogP contribution in [0.1, 0.15) is 5.56 Å². The number of nitrogens with zero attached hydrogens (tertiary/aromatic N) is 2. The first-order valence-corrected chi connectivity index (χ1v) is 7.41. The van der Waals surface area contributed by atoms with E-state index in [4.69, 9.17) is 0 Å². The summed E-state index contributed by atoms with van der Waals surface area (Å²) in [6, 6.07) is 19.2. The molecule has 3 rings (SSSR count). The van der Waals surface area contributed by atoms with Crippen molar-refractivity contribution >= 4 is 17.5 Å².